The fourth-order valence-electron chi connectivity index (χ4n) is 3.26. The summed E-state index contributed by atoms with van der Waals surface area (Å²) in [5.74, 6) is 3.13. The van der Waals surface area contributed by atoms with E-state index in [1.54, 1.807) is 22.9 Å². The topological polar surface area (TPSA) is 116 Å². The van der Waals surface area contributed by atoms with E-state index in [9.17, 15) is 4.79 Å². The van der Waals surface area contributed by atoms with Crippen molar-refractivity contribution in [3.63, 3.8) is 0 Å². The Kier molecular flexibility index (Phi) is 7.03. The van der Waals surface area contributed by atoms with Crippen LogP contribution in [0.2, 0.25) is 0 Å². The summed E-state index contributed by atoms with van der Waals surface area (Å²) in [4.78, 5) is 12.7. The molecule has 0 radical (unpaired) electrons. The Morgan fingerprint density at radius 2 is 1.97 bits per heavy atom. The molecule has 1 amide bonds. The molecule has 0 aliphatic rings. The summed E-state index contributed by atoms with van der Waals surface area (Å²) in [5.41, 5.74) is 1.18. The first-order valence-corrected chi connectivity index (χ1v) is 10.8. The summed E-state index contributed by atoms with van der Waals surface area (Å²) in [6, 6.07) is 12.7. The van der Waals surface area contributed by atoms with E-state index in [4.69, 9.17) is 13.9 Å². The van der Waals surface area contributed by atoms with E-state index in [-0.39, 0.29) is 12.3 Å². The van der Waals surface area contributed by atoms with Crippen LogP contribution in [0.15, 0.2) is 53.1 Å². The number of amides is 1. The molecule has 1 aromatic carbocycles. The van der Waals surface area contributed by atoms with Crippen molar-refractivity contribution in [1.29, 1.82) is 0 Å². The number of ether oxygens (including phenoxy) is 2. The molecule has 0 saturated carbocycles. The maximum Gasteiger partial charge on any atom is 0.224 e. The molecule has 0 fully saturated rings. The monoisotopic (exact) mass is 450 g/mol. The second-order valence-corrected chi connectivity index (χ2v) is 7.11. The Bertz CT molecular complexity index is 1210. The lowest BCUT2D eigenvalue weighted by molar-refractivity contribution is -0.116. The van der Waals surface area contributed by atoms with Gasteiger partial charge in [0.15, 0.2) is 11.5 Å². The molecule has 33 heavy (non-hydrogen) atoms. The number of rotatable bonds is 11. The van der Waals surface area contributed by atoms with Crippen LogP contribution in [0.5, 0.6) is 11.5 Å². The number of carbonyl (C=O) groups excluding carboxylic acids is 1. The number of benzene rings is 1. The first kappa shape index (κ1) is 22.1. The molecule has 4 aromatic rings. The summed E-state index contributed by atoms with van der Waals surface area (Å²) < 4.78 is 18.1. The fourth-order valence-corrected chi connectivity index (χ4v) is 3.26. The average Bonchev–Trinajstić information content (AvgIpc) is 3.48. The zero-order chi connectivity index (χ0) is 23.0. The zero-order valence-electron chi connectivity index (χ0n) is 18.6. The summed E-state index contributed by atoms with van der Waals surface area (Å²) in [6.07, 6.45) is 2.20. The Labute approximate surface area is 190 Å². The molecule has 10 heteroatoms. The Hall–Kier alpha value is -4.08. The third-order valence-electron chi connectivity index (χ3n) is 4.76. The molecule has 4 rings (SSSR count). The molecule has 0 saturated heterocycles. The van der Waals surface area contributed by atoms with Gasteiger partial charge in [0, 0.05) is 18.9 Å². The second-order valence-electron chi connectivity index (χ2n) is 7.11. The van der Waals surface area contributed by atoms with Gasteiger partial charge in [-0.2, -0.15) is 4.52 Å². The van der Waals surface area contributed by atoms with E-state index in [1.807, 2.05) is 44.2 Å². The van der Waals surface area contributed by atoms with Crippen LogP contribution >= 0.6 is 0 Å². The highest BCUT2D eigenvalue weighted by Gasteiger charge is 2.13. The van der Waals surface area contributed by atoms with Gasteiger partial charge >= 0.3 is 0 Å². The van der Waals surface area contributed by atoms with Gasteiger partial charge in [-0.05, 0) is 50.2 Å². The first-order chi connectivity index (χ1) is 16.2. The van der Waals surface area contributed by atoms with Crippen LogP contribution in [0, 0.1) is 0 Å². The lowest BCUT2D eigenvalue weighted by Crippen LogP contribution is -2.15. The highest BCUT2D eigenvalue weighted by molar-refractivity contribution is 5.92. The van der Waals surface area contributed by atoms with Gasteiger partial charge in [-0.25, -0.2) is 0 Å². The van der Waals surface area contributed by atoms with Crippen molar-refractivity contribution >= 4 is 23.1 Å². The highest BCUT2D eigenvalue weighted by Crippen LogP contribution is 2.29. The Morgan fingerprint density at radius 3 is 2.76 bits per heavy atom. The number of furan rings is 1. The van der Waals surface area contributed by atoms with Crippen LogP contribution in [-0.4, -0.2) is 38.9 Å². The van der Waals surface area contributed by atoms with E-state index in [0.717, 1.165) is 5.76 Å². The Morgan fingerprint density at radius 1 is 1.09 bits per heavy atom. The van der Waals surface area contributed by atoms with Gasteiger partial charge in [-0.1, -0.05) is 0 Å². The summed E-state index contributed by atoms with van der Waals surface area (Å²) >= 11 is 0. The minimum atomic E-state index is -0.173. The molecular weight excluding hydrogens is 424 g/mol. The van der Waals surface area contributed by atoms with E-state index >= 15 is 0 Å². The van der Waals surface area contributed by atoms with Crippen molar-refractivity contribution < 1.29 is 18.7 Å². The van der Waals surface area contributed by atoms with Gasteiger partial charge in [0.2, 0.25) is 5.91 Å². The minimum Gasteiger partial charge on any atom is -0.494 e. The molecule has 2 N–H and O–H groups in total. The molecule has 0 bridgehead atoms. The van der Waals surface area contributed by atoms with Crippen LogP contribution in [0.3, 0.4) is 0 Å². The predicted molar refractivity (Wildman–Crippen MR) is 123 cm³/mol. The van der Waals surface area contributed by atoms with Crippen LogP contribution in [0.4, 0.5) is 11.5 Å². The largest absolute Gasteiger partial charge is 0.494 e. The summed E-state index contributed by atoms with van der Waals surface area (Å²) in [6.45, 7) is 5.33. The molecule has 10 nitrogen and oxygen atoms in total. The molecule has 3 heterocycles. The quantitative estimate of drug-likeness (QED) is 0.355. The van der Waals surface area contributed by atoms with Gasteiger partial charge in [-0.15, -0.1) is 15.3 Å². The number of nitrogens with zero attached hydrogens (tertiary/aromatic N) is 4. The third-order valence-corrected chi connectivity index (χ3v) is 4.76. The maximum atomic E-state index is 12.7. The van der Waals surface area contributed by atoms with Crippen molar-refractivity contribution in [2.45, 2.75) is 33.2 Å². The van der Waals surface area contributed by atoms with Gasteiger partial charge in [0.1, 0.15) is 23.1 Å². The molecule has 0 unspecified atom stereocenters. The number of anilines is 2. The second kappa shape index (κ2) is 10.5. The zero-order valence-corrected chi connectivity index (χ0v) is 18.6. The number of hydrogen-bond donors (Lipinski definition) is 2. The maximum absolute atomic E-state index is 12.7. The normalized spacial score (nSPS) is 10.8. The van der Waals surface area contributed by atoms with Crippen LogP contribution in [0.1, 0.15) is 31.9 Å². The lowest BCUT2D eigenvalue weighted by atomic mass is 10.2. The molecule has 0 spiro atoms. The number of aromatic nitrogens is 4. The minimum absolute atomic E-state index is 0.173. The van der Waals surface area contributed by atoms with Crippen molar-refractivity contribution in [2.75, 3.05) is 23.8 Å². The molecule has 0 aliphatic carbocycles. The number of hydrogen-bond acceptors (Lipinski definition) is 8. The van der Waals surface area contributed by atoms with Crippen molar-refractivity contribution in [3.05, 3.63) is 60.3 Å². The van der Waals surface area contributed by atoms with Crippen LogP contribution in [-0.2, 0) is 17.8 Å². The van der Waals surface area contributed by atoms with Crippen molar-refractivity contribution in [3.8, 4) is 11.5 Å². The average molecular weight is 450 g/mol. The number of carbonyl (C=O) groups is 1. The number of nitrogens with one attached hydrogen (secondary N) is 2. The molecular formula is C23H26N6O4. The number of aryl methyl sites for hydroxylation is 1. The summed E-state index contributed by atoms with van der Waals surface area (Å²) in [7, 11) is 0. The van der Waals surface area contributed by atoms with Crippen LogP contribution in [0.25, 0.3) is 5.65 Å². The first-order valence-electron chi connectivity index (χ1n) is 10.8. The highest BCUT2D eigenvalue weighted by atomic mass is 16.5. The lowest BCUT2D eigenvalue weighted by Gasteiger charge is -2.13. The smallest absolute Gasteiger partial charge is 0.224 e. The summed E-state index contributed by atoms with van der Waals surface area (Å²) in [5, 5.41) is 19.0. The Balaban J connectivity index is 1.41. The van der Waals surface area contributed by atoms with E-state index in [2.05, 4.69) is 25.9 Å². The van der Waals surface area contributed by atoms with Gasteiger partial charge < -0.3 is 24.5 Å². The molecule has 0 atom stereocenters. The molecule has 3 aromatic heterocycles. The van der Waals surface area contributed by atoms with E-state index in [1.165, 1.54) is 0 Å². The van der Waals surface area contributed by atoms with Gasteiger partial charge in [-0.3, -0.25) is 4.79 Å². The molecule has 0 aliphatic heterocycles. The van der Waals surface area contributed by atoms with Crippen molar-refractivity contribution in [1.82, 2.24) is 19.8 Å². The van der Waals surface area contributed by atoms with Gasteiger partial charge in [0.25, 0.3) is 0 Å². The van der Waals surface area contributed by atoms with Crippen molar-refractivity contribution in [2.24, 2.45) is 0 Å². The SMILES string of the molecule is CCOc1ccc(OCC)c(NC(=O)CCc2nnc3ccc(NCc4ccco4)nn23)c1. The fraction of sp³-hybridized carbons (Fsp3) is 0.304. The predicted octanol–water partition coefficient (Wildman–Crippen LogP) is 3.70. The van der Waals surface area contributed by atoms with Crippen LogP contribution < -0.4 is 20.1 Å². The molecule has 172 valence electrons. The standard InChI is InChI=1S/C23H26N6O4/c1-3-31-16-7-8-19(32-4-2)18(14-16)25-23(30)12-11-22-27-26-21-10-9-20(28-29(21)22)24-15-17-6-5-13-33-17/h5-10,13-14H,3-4,11-12,15H2,1-2H3,(H,24,28)(H,25,30). The van der Waals surface area contributed by atoms with E-state index in [0.29, 0.717) is 60.7 Å². The van der Waals surface area contributed by atoms with Gasteiger partial charge in [0.05, 0.1) is 31.7 Å². The number of fused-ring (bicyclic) bond motifs is 1. The van der Waals surface area contributed by atoms with E-state index < -0.39 is 0 Å². The third kappa shape index (κ3) is 5.59.